The van der Waals surface area contributed by atoms with E-state index >= 15 is 0 Å². The maximum atomic E-state index is 5.94. The van der Waals surface area contributed by atoms with Gasteiger partial charge in [-0.05, 0) is 51.4 Å². The summed E-state index contributed by atoms with van der Waals surface area (Å²) in [6.07, 6.45) is 17.9. The van der Waals surface area contributed by atoms with Crippen LogP contribution >= 0.6 is 11.6 Å². The highest BCUT2D eigenvalue weighted by Crippen LogP contribution is 2.18. The van der Waals surface area contributed by atoms with Gasteiger partial charge in [0, 0.05) is 5.88 Å². The van der Waals surface area contributed by atoms with E-state index in [0.717, 1.165) is 5.88 Å². The molecule has 0 unspecified atom stereocenters. The number of hydrogen-bond donors (Lipinski definition) is 0. The molecule has 0 amide bonds. The van der Waals surface area contributed by atoms with Gasteiger partial charge in [0.15, 0.2) is 0 Å². The Balaban J connectivity index is 0. The summed E-state index contributed by atoms with van der Waals surface area (Å²) in [5, 5.41) is 0. The fourth-order valence-corrected chi connectivity index (χ4v) is 3.85. The first kappa shape index (κ1) is 27.2. The molecule has 24 heavy (non-hydrogen) atoms. The molecule has 0 bridgehead atoms. The Morgan fingerprint density at radius 1 is 0.500 bits per heavy atom. The summed E-state index contributed by atoms with van der Waals surface area (Å²) in [5.74, 6) is 0.834. The first-order valence-corrected chi connectivity index (χ1v) is 11.2. The molecule has 0 aromatic rings. The second-order valence-corrected chi connectivity index (χ2v) is 7.84. The molecular formula is C21H45ClIN. The zero-order chi connectivity index (χ0) is 17.2. The molecule has 0 saturated heterocycles. The second kappa shape index (κ2) is 20.3. The first-order chi connectivity index (χ1) is 11.2. The van der Waals surface area contributed by atoms with E-state index in [1.54, 1.807) is 0 Å². The van der Waals surface area contributed by atoms with Gasteiger partial charge >= 0.3 is 0 Å². The molecular weight excluding hydrogens is 429 g/mol. The Hall–Kier alpha value is 0.980. The summed E-state index contributed by atoms with van der Waals surface area (Å²) in [7, 11) is 0. The minimum Gasteiger partial charge on any atom is -1.00 e. The van der Waals surface area contributed by atoms with Crippen LogP contribution in [0.2, 0.25) is 0 Å². The van der Waals surface area contributed by atoms with Crippen molar-refractivity contribution in [3.8, 4) is 0 Å². The van der Waals surface area contributed by atoms with Crippen molar-refractivity contribution in [1.29, 1.82) is 0 Å². The Kier molecular flexibility index (Phi) is 23.0. The van der Waals surface area contributed by atoms with E-state index in [-0.39, 0.29) is 24.0 Å². The molecule has 0 rings (SSSR count). The molecule has 0 radical (unpaired) electrons. The van der Waals surface area contributed by atoms with E-state index < -0.39 is 0 Å². The van der Waals surface area contributed by atoms with Crippen LogP contribution < -0.4 is 24.0 Å². The first-order valence-electron chi connectivity index (χ1n) is 10.7. The lowest BCUT2D eigenvalue weighted by molar-refractivity contribution is -0.929. The molecule has 0 fully saturated rings. The van der Waals surface area contributed by atoms with Crippen molar-refractivity contribution in [2.45, 2.75) is 104 Å². The Bertz CT molecular complexity index is 212. The third-order valence-electron chi connectivity index (χ3n) is 5.22. The average molecular weight is 474 g/mol. The van der Waals surface area contributed by atoms with Crippen LogP contribution in [0.5, 0.6) is 0 Å². The fraction of sp³-hybridized carbons (Fsp3) is 1.00. The summed E-state index contributed by atoms with van der Waals surface area (Å²) < 4.78 is 1.39. The van der Waals surface area contributed by atoms with Crippen LogP contribution in [0.4, 0.5) is 0 Å². The summed E-state index contributed by atoms with van der Waals surface area (Å²) in [6.45, 7) is 12.6. The van der Waals surface area contributed by atoms with E-state index in [2.05, 4.69) is 20.8 Å². The minimum absolute atomic E-state index is 0. The van der Waals surface area contributed by atoms with Crippen molar-refractivity contribution >= 4 is 11.6 Å². The number of rotatable bonds is 18. The van der Waals surface area contributed by atoms with Gasteiger partial charge in [0.25, 0.3) is 0 Å². The largest absolute Gasteiger partial charge is 1.00 e. The zero-order valence-electron chi connectivity index (χ0n) is 16.9. The van der Waals surface area contributed by atoms with Gasteiger partial charge in [-0.15, -0.1) is 11.6 Å². The van der Waals surface area contributed by atoms with Gasteiger partial charge in [-0.2, -0.15) is 0 Å². The Morgan fingerprint density at radius 2 is 0.833 bits per heavy atom. The van der Waals surface area contributed by atoms with Gasteiger partial charge < -0.3 is 28.5 Å². The van der Waals surface area contributed by atoms with E-state index in [0.29, 0.717) is 0 Å². The van der Waals surface area contributed by atoms with Gasteiger partial charge in [-0.3, -0.25) is 0 Å². The highest BCUT2D eigenvalue weighted by molar-refractivity contribution is 6.17. The lowest BCUT2D eigenvalue weighted by atomic mass is 10.1. The number of hydrogen-bond acceptors (Lipinski definition) is 0. The molecule has 0 saturated carbocycles. The lowest BCUT2D eigenvalue weighted by Crippen LogP contribution is -3.00. The van der Waals surface area contributed by atoms with Crippen LogP contribution in [-0.4, -0.2) is 36.5 Å². The third kappa shape index (κ3) is 15.3. The molecule has 1 nitrogen and oxygen atoms in total. The van der Waals surface area contributed by atoms with Crippen LogP contribution in [0.25, 0.3) is 0 Å². The van der Waals surface area contributed by atoms with Crippen LogP contribution in [-0.2, 0) is 0 Å². The maximum absolute atomic E-state index is 5.94. The minimum atomic E-state index is 0. The summed E-state index contributed by atoms with van der Waals surface area (Å²) in [4.78, 5) is 0. The van der Waals surface area contributed by atoms with E-state index in [1.165, 1.54) is 114 Å². The maximum Gasteiger partial charge on any atom is 0.0787 e. The highest BCUT2D eigenvalue weighted by Gasteiger charge is 2.25. The van der Waals surface area contributed by atoms with Crippen LogP contribution in [0, 0.1) is 0 Å². The molecule has 3 heteroatoms. The molecule has 0 spiro atoms. The highest BCUT2D eigenvalue weighted by atomic mass is 127. The number of halogens is 2. The molecule has 0 aliphatic rings. The van der Waals surface area contributed by atoms with Gasteiger partial charge in [-0.1, -0.05) is 52.9 Å². The molecule has 0 aromatic carbocycles. The molecule has 148 valence electrons. The number of quaternary nitrogens is 1. The quantitative estimate of drug-likeness (QED) is 0.121. The molecule has 0 aromatic heterocycles. The molecule has 0 aliphatic carbocycles. The number of unbranched alkanes of at least 4 members (excludes halogenated alkanes) is 9. The topological polar surface area (TPSA) is 0 Å². The summed E-state index contributed by atoms with van der Waals surface area (Å²) >= 11 is 5.94. The average Bonchev–Trinajstić information content (AvgIpc) is 2.56. The van der Waals surface area contributed by atoms with Gasteiger partial charge in [0.2, 0.25) is 0 Å². The third-order valence-corrected chi connectivity index (χ3v) is 5.49. The second-order valence-electron chi connectivity index (χ2n) is 7.46. The lowest BCUT2D eigenvalue weighted by Gasteiger charge is -2.39. The van der Waals surface area contributed by atoms with Gasteiger partial charge in [0.1, 0.15) is 0 Å². The Morgan fingerprint density at radius 3 is 1.21 bits per heavy atom. The van der Waals surface area contributed by atoms with Crippen molar-refractivity contribution in [3.63, 3.8) is 0 Å². The normalized spacial score (nSPS) is 11.5. The predicted molar refractivity (Wildman–Crippen MR) is 107 cm³/mol. The van der Waals surface area contributed by atoms with Gasteiger partial charge in [-0.25, -0.2) is 0 Å². The van der Waals surface area contributed by atoms with Crippen molar-refractivity contribution in [2.75, 3.05) is 32.1 Å². The molecule has 0 aliphatic heterocycles. The van der Waals surface area contributed by atoms with Crippen LogP contribution in [0.15, 0.2) is 0 Å². The monoisotopic (exact) mass is 473 g/mol. The van der Waals surface area contributed by atoms with Crippen molar-refractivity contribution in [2.24, 2.45) is 0 Å². The van der Waals surface area contributed by atoms with Crippen molar-refractivity contribution in [3.05, 3.63) is 0 Å². The van der Waals surface area contributed by atoms with Crippen LogP contribution in [0.3, 0.4) is 0 Å². The molecule has 0 heterocycles. The number of alkyl halides is 1. The standard InChI is InChI=1S/C21H45ClN.HI/c1-4-7-10-14-19-23(18-13-9-6-3,21-16-12-17-22)20-15-11-8-5-2;/h4-21H2,1-3H3;1H/q+1;/p-1. The summed E-state index contributed by atoms with van der Waals surface area (Å²) in [6, 6.07) is 0. The Labute approximate surface area is 175 Å². The SMILES string of the molecule is CCCCCC[N+](CCCCC)(CCCCCl)CCCCCC.[I-]. The van der Waals surface area contributed by atoms with Crippen LogP contribution in [0.1, 0.15) is 104 Å². The molecule has 0 N–H and O–H groups in total. The predicted octanol–water partition coefficient (Wildman–Crippen LogP) is 4.18. The zero-order valence-corrected chi connectivity index (χ0v) is 19.8. The smallest absolute Gasteiger partial charge is 0.0787 e. The van der Waals surface area contributed by atoms with E-state index in [1.807, 2.05) is 0 Å². The summed E-state index contributed by atoms with van der Waals surface area (Å²) in [5.41, 5.74) is 0. The van der Waals surface area contributed by atoms with Crippen molar-refractivity contribution < 1.29 is 28.5 Å². The van der Waals surface area contributed by atoms with E-state index in [9.17, 15) is 0 Å². The number of nitrogens with zero attached hydrogens (tertiary/aromatic N) is 1. The van der Waals surface area contributed by atoms with Gasteiger partial charge in [0.05, 0.1) is 26.2 Å². The van der Waals surface area contributed by atoms with Crippen molar-refractivity contribution in [1.82, 2.24) is 0 Å². The fourth-order valence-electron chi connectivity index (χ4n) is 3.66. The molecule has 0 atom stereocenters. The van der Waals surface area contributed by atoms with E-state index in [4.69, 9.17) is 11.6 Å².